The Morgan fingerprint density at radius 2 is 1.43 bits per heavy atom. The minimum atomic E-state index is 0. The molecule has 209 valence electrons. The van der Waals surface area contributed by atoms with Gasteiger partial charge in [-0.15, -0.1) is 0 Å². The second-order valence-electron chi connectivity index (χ2n) is 8.85. The van der Waals surface area contributed by atoms with E-state index in [9.17, 15) is 5.26 Å². The topological polar surface area (TPSA) is 110 Å². The zero-order chi connectivity index (χ0) is 29.5. The molecule has 6 rings (SSSR count). The number of rotatable bonds is 3. The zero-order valence-corrected chi connectivity index (χ0v) is 27.6. The third-order valence-corrected chi connectivity index (χ3v) is 6.84. The van der Waals surface area contributed by atoms with Crippen molar-refractivity contribution in [3.63, 3.8) is 0 Å². The van der Waals surface area contributed by atoms with Crippen molar-refractivity contribution in [1.29, 1.82) is 10.5 Å². The van der Waals surface area contributed by atoms with Crippen molar-refractivity contribution >= 4 is 56.8 Å². The van der Waals surface area contributed by atoms with Gasteiger partial charge in [-0.25, -0.2) is 9.97 Å². The predicted octanol–water partition coefficient (Wildman–Crippen LogP) is 8.97. The normalized spacial score (nSPS) is 9.90. The summed E-state index contributed by atoms with van der Waals surface area (Å²) in [6.07, 6.45) is 10.5. The van der Waals surface area contributed by atoms with Gasteiger partial charge in [-0.3, -0.25) is 4.93 Å². The molecule has 0 aliphatic heterocycles. The van der Waals surface area contributed by atoms with Crippen LogP contribution in [0.3, 0.4) is 0 Å². The van der Waals surface area contributed by atoms with Crippen molar-refractivity contribution in [1.82, 2.24) is 24.5 Å². The molecule has 1 radical (unpaired) electrons. The number of nitrogens with zero attached hydrogens (tertiary/aromatic N) is 5. The second kappa shape index (κ2) is 15.1. The van der Waals surface area contributed by atoms with Crippen molar-refractivity contribution in [2.24, 2.45) is 0 Å². The van der Waals surface area contributed by atoms with Gasteiger partial charge in [0.15, 0.2) is 0 Å². The van der Waals surface area contributed by atoms with Crippen LogP contribution in [0, 0.1) is 41.4 Å². The number of aryl methyl sites for hydroxylation is 2. The number of hydrogen-bond acceptors (Lipinski definition) is 4. The Bertz CT molecular complexity index is 1910. The van der Waals surface area contributed by atoms with Crippen molar-refractivity contribution in [3.05, 3.63) is 117 Å². The molecule has 0 unspecified atom stereocenters. The average molecular weight is 742 g/mol. The minimum absolute atomic E-state index is 0. The molecule has 0 spiro atoms. The first-order chi connectivity index (χ1) is 19.9. The molecule has 6 aromatic rings. The number of benzene rings is 2. The van der Waals surface area contributed by atoms with E-state index in [0.29, 0.717) is 21.2 Å². The van der Waals surface area contributed by atoms with E-state index in [1.54, 1.807) is 12.4 Å². The molecule has 11 heteroatoms. The van der Waals surface area contributed by atoms with Crippen LogP contribution in [0.2, 0.25) is 10.0 Å². The molecular weight excluding hydrogens is 719 g/mol. The maximum absolute atomic E-state index is 9.54. The quantitative estimate of drug-likeness (QED) is 0.139. The van der Waals surface area contributed by atoms with Gasteiger partial charge in [-0.2, -0.15) is 10.5 Å². The standard InChI is InChI=1S/C18H12ClN5.C12H9ClN2.CH2I.V/c1-11-2-3-13(19)6-15(11)16-9-24(8-12(16)7-20)18-14-4-5-21-17(14)22-10-23-18;1-8-2-3-10(13)4-11(8)12-7-15-6-9(12)5-14;1-2;/h2-6,8-10H,1H3,(H,21,22,23);2-4,6-7,15H,1H3;1H2;/q;;-1;. The van der Waals surface area contributed by atoms with Gasteiger partial charge in [0.2, 0.25) is 0 Å². The second-order valence-corrected chi connectivity index (χ2v) is 9.73. The number of nitrogens with one attached hydrogen (secondary N) is 2. The number of aromatic nitrogens is 5. The first-order valence-electron chi connectivity index (χ1n) is 12.2. The van der Waals surface area contributed by atoms with Crippen LogP contribution in [0.15, 0.2) is 79.8 Å². The summed E-state index contributed by atoms with van der Waals surface area (Å²) in [7, 11) is 0. The molecule has 0 atom stereocenters. The predicted molar refractivity (Wildman–Crippen MR) is 173 cm³/mol. The molecule has 0 amide bonds. The van der Waals surface area contributed by atoms with Crippen molar-refractivity contribution in [2.45, 2.75) is 13.8 Å². The molecule has 4 heterocycles. The molecule has 42 heavy (non-hydrogen) atoms. The van der Waals surface area contributed by atoms with Gasteiger partial charge in [-0.1, -0.05) is 35.3 Å². The number of H-pyrrole nitrogens is 2. The fourth-order valence-corrected chi connectivity index (χ4v) is 4.74. The van der Waals surface area contributed by atoms with Gasteiger partial charge in [0, 0.05) is 70.7 Å². The molecule has 0 aliphatic carbocycles. The van der Waals surface area contributed by atoms with Gasteiger partial charge in [0.05, 0.1) is 16.5 Å². The minimum Gasteiger partial charge on any atom is -0.366 e. The van der Waals surface area contributed by atoms with E-state index in [1.807, 2.05) is 102 Å². The van der Waals surface area contributed by atoms with Crippen LogP contribution in [-0.2, 0) is 18.6 Å². The van der Waals surface area contributed by atoms with Gasteiger partial charge in [-0.05, 0) is 66.4 Å². The summed E-state index contributed by atoms with van der Waals surface area (Å²) in [6.45, 7) is 4.00. The van der Waals surface area contributed by atoms with Gasteiger partial charge < -0.3 is 37.1 Å². The van der Waals surface area contributed by atoms with Crippen LogP contribution in [0.1, 0.15) is 22.3 Å². The van der Waals surface area contributed by atoms with Gasteiger partial charge in [0.1, 0.15) is 29.9 Å². The Kier molecular flexibility index (Phi) is 11.9. The molecule has 4 aromatic heterocycles. The molecule has 0 fully saturated rings. The Morgan fingerprint density at radius 3 is 2.05 bits per heavy atom. The summed E-state index contributed by atoms with van der Waals surface area (Å²) in [5, 5.41) is 20.7. The maximum Gasteiger partial charge on any atom is 0.149 e. The largest absolute Gasteiger partial charge is 0.366 e. The number of fused-ring (bicyclic) bond motifs is 1. The third-order valence-electron chi connectivity index (χ3n) is 6.37. The van der Waals surface area contributed by atoms with Crippen LogP contribution in [-0.4, -0.2) is 24.5 Å². The smallest absolute Gasteiger partial charge is 0.149 e. The summed E-state index contributed by atoms with van der Waals surface area (Å²) in [6, 6.07) is 17.7. The fraction of sp³-hybridized carbons (Fsp3) is 0.0645. The summed E-state index contributed by atoms with van der Waals surface area (Å²) in [5.74, 6) is 0.726. The van der Waals surface area contributed by atoms with Crippen LogP contribution in [0.4, 0.5) is 0 Å². The van der Waals surface area contributed by atoms with E-state index in [-0.39, 0.29) is 18.6 Å². The van der Waals surface area contributed by atoms with Crippen LogP contribution < -0.4 is 0 Å². The Hall–Kier alpha value is -3.51. The van der Waals surface area contributed by atoms with Crippen LogP contribution in [0.25, 0.3) is 39.1 Å². The summed E-state index contributed by atoms with van der Waals surface area (Å²) < 4.78 is 1.85. The fourth-order valence-electron chi connectivity index (χ4n) is 4.39. The number of aromatic amines is 2. The molecule has 0 aliphatic rings. The Labute approximate surface area is 279 Å². The summed E-state index contributed by atoms with van der Waals surface area (Å²) >= 11 is 14.0. The van der Waals surface area contributed by atoms with Crippen molar-refractivity contribution < 1.29 is 18.6 Å². The van der Waals surface area contributed by atoms with Crippen LogP contribution in [0.5, 0.6) is 0 Å². The SMILES string of the molecule is Cc1ccc(Cl)cc1-c1c[nH]cc1C#N.Cc1ccc(Cl)cc1-c1cn(-c2ncnc3[nH]ccc23)cc1C#N.[CH2-]I.[V]. The molecule has 0 bridgehead atoms. The molecular formula is C31H23Cl2IN7V-. The first kappa shape index (κ1) is 33.0. The van der Waals surface area contributed by atoms with E-state index in [0.717, 1.165) is 50.2 Å². The van der Waals surface area contributed by atoms with Gasteiger partial charge in [0.25, 0.3) is 0 Å². The Balaban J connectivity index is 0.000000233. The van der Waals surface area contributed by atoms with E-state index in [4.69, 9.17) is 28.5 Å². The van der Waals surface area contributed by atoms with Crippen molar-refractivity contribution in [2.75, 3.05) is 0 Å². The molecule has 2 N–H and O–H groups in total. The van der Waals surface area contributed by atoms with E-state index in [2.05, 4.69) is 37.0 Å². The van der Waals surface area contributed by atoms with E-state index >= 15 is 0 Å². The average Bonchev–Trinajstić information content (AvgIpc) is 3.76. The first-order valence-corrected chi connectivity index (χ1v) is 14.4. The van der Waals surface area contributed by atoms with E-state index < -0.39 is 0 Å². The number of nitriles is 2. The Morgan fingerprint density at radius 1 is 0.810 bits per heavy atom. The maximum atomic E-state index is 9.54. The third kappa shape index (κ3) is 7.10. The summed E-state index contributed by atoms with van der Waals surface area (Å²) in [5.41, 5.74) is 7.81. The van der Waals surface area contributed by atoms with Crippen molar-refractivity contribution in [3.8, 4) is 40.2 Å². The molecule has 2 aromatic carbocycles. The monoisotopic (exact) mass is 741 g/mol. The van der Waals surface area contributed by atoms with E-state index in [1.165, 1.54) is 6.33 Å². The van der Waals surface area contributed by atoms with Crippen LogP contribution >= 0.6 is 45.8 Å². The molecule has 0 saturated heterocycles. The number of halogens is 3. The summed E-state index contributed by atoms with van der Waals surface area (Å²) in [4.78, 5) is 17.8. The molecule has 0 saturated carbocycles. The zero-order valence-electron chi connectivity index (χ0n) is 22.5. The van der Waals surface area contributed by atoms with Gasteiger partial charge >= 0.3 is 0 Å². The number of hydrogen-bond donors (Lipinski definition) is 2. The molecule has 7 nitrogen and oxygen atoms in total.